The largest absolute Gasteiger partial charge is 0.465 e. The second-order valence-electron chi connectivity index (χ2n) is 7.46. The van der Waals surface area contributed by atoms with Crippen molar-refractivity contribution in [3.05, 3.63) is 71.0 Å². The highest BCUT2D eigenvalue weighted by atomic mass is 16.5. The Labute approximate surface area is 157 Å². The van der Waals surface area contributed by atoms with E-state index in [-0.39, 0.29) is 17.8 Å². The third-order valence-corrected chi connectivity index (χ3v) is 5.89. The first-order valence-electron chi connectivity index (χ1n) is 9.46. The highest BCUT2D eigenvalue weighted by Gasteiger charge is 2.39. The Morgan fingerprint density at radius 2 is 1.41 bits per heavy atom. The van der Waals surface area contributed by atoms with E-state index in [0.717, 1.165) is 28.8 Å². The first-order valence-corrected chi connectivity index (χ1v) is 9.46. The van der Waals surface area contributed by atoms with Crippen molar-refractivity contribution in [2.75, 3.05) is 6.61 Å². The van der Waals surface area contributed by atoms with Gasteiger partial charge in [-0.2, -0.15) is 0 Å². The Balaban J connectivity index is 1.83. The Kier molecular flexibility index (Phi) is 3.61. The van der Waals surface area contributed by atoms with Gasteiger partial charge in [0, 0.05) is 39.1 Å². The minimum atomic E-state index is -0.166. The Hall–Kier alpha value is -3.01. The molecular weight excluding hydrogens is 336 g/mol. The molecule has 1 aliphatic rings. The van der Waals surface area contributed by atoms with Crippen molar-refractivity contribution in [3.63, 3.8) is 0 Å². The number of aryl methyl sites for hydroxylation is 2. The molecule has 27 heavy (non-hydrogen) atoms. The summed E-state index contributed by atoms with van der Waals surface area (Å²) in [7, 11) is 0. The molecule has 2 aromatic heterocycles. The molecule has 4 aromatic rings. The number of nitrogens with one attached hydrogen (secondary N) is 2. The van der Waals surface area contributed by atoms with Gasteiger partial charge in [0.2, 0.25) is 0 Å². The Morgan fingerprint density at radius 3 is 1.89 bits per heavy atom. The standard InChI is InChI=1S/C23H22N2O2/c1-13-20(15-7-3-5-9-18(15)24-13)22(17-11-12-27-23(17)26)21-14(2)25-19-10-6-4-8-16(19)21/h3-10,17,22,24-25H,11-12H2,1-2H3/t17-/m1/s1. The number of hydrogen-bond donors (Lipinski definition) is 2. The fourth-order valence-electron chi connectivity index (χ4n) is 4.76. The zero-order chi connectivity index (χ0) is 18.5. The summed E-state index contributed by atoms with van der Waals surface area (Å²) in [5.74, 6) is -0.289. The Bertz CT molecular complexity index is 1090. The summed E-state index contributed by atoms with van der Waals surface area (Å²) in [4.78, 5) is 19.7. The van der Waals surface area contributed by atoms with Crippen LogP contribution in [0.15, 0.2) is 48.5 Å². The SMILES string of the molecule is Cc1[nH]c2ccccc2c1C(c1c(C)[nH]c2ccccc12)[C@H]1CCOC1=O. The second-order valence-corrected chi connectivity index (χ2v) is 7.46. The number of aromatic amines is 2. The topological polar surface area (TPSA) is 57.9 Å². The number of esters is 1. The average molecular weight is 358 g/mol. The predicted molar refractivity (Wildman–Crippen MR) is 107 cm³/mol. The molecule has 0 amide bonds. The average Bonchev–Trinajstić information content (AvgIpc) is 3.32. The van der Waals surface area contributed by atoms with Crippen LogP contribution in [0.4, 0.5) is 0 Å². The maximum absolute atomic E-state index is 12.7. The van der Waals surface area contributed by atoms with E-state index in [0.29, 0.717) is 6.61 Å². The molecule has 3 heterocycles. The van der Waals surface area contributed by atoms with Crippen LogP contribution in [0.25, 0.3) is 21.8 Å². The van der Waals surface area contributed by atoms with Gasteiger partial charge in [0.1, 0.15) is 0 Å². The highest BCUT2D eigenvalue weighted by Crippen LogP contribution is 2.45. The maximum atomic E-state index is 12.7. The number of cyclic esters (lactones) is 1. The van der Waals surface area contributed by atoms with Crippen LogP contribution in [0.3, 0.4) is 0 Å². The van der Waals surface area contributed by atoms with Gasteiger partial charge in [0.15, 0.2) is 0 Å². The van der Waals surface area contributed by atoms with Gasteiger partial charge in [-0.25, -0.2) is 0 Å². The lowest BCUT2D eigenvalue weighted by Crippen LogP contribution is -2.20. The third kappa shape index (κ3) is 2.40. The van der Waals surface area contributed by atoms with Gasteiger partial charge in [-0.3, -0.25) is 4.79 Å². The smallest absolute Gasteiger partial charge is 0.310 e. The van der Waals surface area contributed by atoms with Crippen LogP contribution in [0, 0.1) is 19.8 Å². The molecule has 4 nitrogen and oxygen atoms in total. The summed E-state index contributed by atoms with van der Waals surface area (Å²) >= 11 is 0. The molecule has 1 aliphatic heterocycles. The minimum Gasteiger partial charge on any atom is -0.465 e. The summed E-state index contributed by atoms with van der Waals surface area (Å²) in [6.07, 6.45) is 0.751. The van der Waals surface area contributed by atoms with Gasteiger partial charge in [-0.05, 0) is 43.5 Å². The van der Waals surface area contributed by atoms with Crippen LogP contribution < -0.4 is 0 Å². The molecule has 0 spiro atoms. The quantitative estimate of drug-likeness (QED) is 0.509. The first kappa shape index (κ1) is 16.2. The molecule has 1 atom stereocenters. The van der Waals surface area contributed by atoms with E-state index in [4.69, 9.17) is 4.74 Å². The third-order valence-electron chi connectivity index (χ3n) is 5.89. The number of H-pyrrole nitrogens is 2. The second kappa shape index (κ2) is 6.02. The van der Waals surface area contributed by atoms with Crippen molar-refractivity contribution in [2.45, 2.75) is 26.2 Å². The number of carbonyl (C=O) groups is 1. The van der Waals surface area contributed by atoms with Crippen molar-refractivity contribution in [2.24, 2.45) is 5.92 Å². The normalized spacial score (nSPS) is 17.3. The molecule has 5 rings (SSSR count). The van der Waals surface area contributed by atoms with Crippen molar-refractivity contribution in [1.29, 1.82) is 0 Å². The molecule has 0 bridgehead atoms. The number of fused-ring (bicyclic) bond motifs is 2. The van der Waals surface area contributed by atoms with Gasteiger partial charge >= 0.3 is 5.97 Å². The van der Waals surface area contributed by atoms with Gasteiger partial charge in [0.05, 0.1) is 12.5 Å². The van der Waals surface area contributed by atoms with Crippen molar-refractivity contribution >= 4 is 27.8 Å². The van der Waals surface area contributed by atoms with Gasteiger partial charge < -0.3 is 14.7 Å². The van der Waals surface area contributed by atoms with Gasteiger partial charge in [0.25, 0.3) is 0 Å². The van der Waals surface area contributed by atoms with Crippen LogP contribution in [0.5, 0.6) is 0 Å². The van der Waals surface area contributed by atoms with E-state index in [2.05, 4.69) is 60.2 Å². The molecule has 136 valence electrons. The molecular formula is C23H22N2O2. The summed E-state index contributed by atoms with van der Waals surface area (Å²) < 4.78 is 5.39. The fraction of sp³-hybridized carbons (Fsp3) is 0.261. The molecule has 1 fully saturated rings. The van der Waals surface area contributed by atoms with Crippen LogP contribution >= 0.6 is 0 Å². The maximum Gasteiger partial charge on any atom is 0.310 e. The van der Waals surface area contributed by atoms with E-state index < -0.39 is 0 Å². The number of carbonyl (C=O) groups excluding carboxylic acids is 1. The fourth-order valence-corrected chi connectivity index (χ4v) is 4.76. The summed E-state index contributed by atoms with van der Waals surface area (Å²) in [6.45, 7) is 4.71. The van der Waals surface area contributed by atoms with Crippen molar-refractivity contribution < 1.29 is 9.53 Å². The molecule has 2 N–H and O–H groups in total. The van der Waals surface area contributed by atoms with Crippen LogP contribution in [-0.4, -0.2) is 22.5 Å². The summed E-state index contributed by atoms with van der Waals surface area (Å²) in [6, 6.07) is 16.7. The minimum absolute atomic E-state index is 0.0349. The number of aromatic nitrogens is 2. The van der Waals surface area contributed by atoms with E-state index in [1.165, 1.54) is 21.9 Å². The monoisotopic (exact) mass is 358 g/mol. The van der Waals surface area contributed by atoms with Crippen molar-refractivity contribution in [3.8, 4) is 0 Å². The summed E-state index contributed by atoms with van der Waals surface area (Å²) in [5.41, 5.74) is 6.87. The van der Waals surface area contributed by atoms with Gasteiger partial charge in [-0.15, -0.1) is 0 Å². The number of rotatable bonds is 3. The van der Waals surface area contributed by atoms with Gasteiger partial charge in [-0.1, -0.05) is 36.4 Å². The van der Waals surface area contributed by atoms with E-state index in [9.17, 15) is 4.79 Å². The molecule has 0 radical (unpaired) electrons. The molecule has 1 saturated heterocycles. The predicted octanol–water partition coefficient (Wildman–Crippen LogP) is 4.96. The molecule has 2 aromatic carbocycles. The highest BCUT2D eigenvalue weighted by molar-refractivity contribution is 5.91. The molecule has 0 saturated carbocycles. The van der Waals surface area contributed by atoms with E-state index >= 15 is 0 Å². The number of ether oxygens (including phenoxy) is 1. The number of hydrogen-bond acceptors (Lipinski definition) is 2. The zero-order valence-corrected chi connectivity index (χ0v) is 15.5. The number of para-hydroxylation sites is 2. The van der Waals surface area contributed by atoms with E-state index in [1.807, 2.05) is 12.1 Å². The zero-order valence-electron chi connectivity index (χ0n) is 15.5. The Morgan fingerprint density at radius 1 is 0.889 bits per heavy atom. The molecule has 0 unspecified atom stereocenters. The first-order chi connectivity index (χ1) is 13.1. The van der Waals surface area contributed by atoms with Crippen LogP contribution in [0.2, 0.25) is 0 Å². The number of benzene rings is 2. The lowest BCUT2D eigenvalue weighted by molar-refractivity contribution is -0.141. The molecule has 0 aliphatic carbocycles. The van der Waals surface area contributed by atoms with Crippen molar-refractivity contribution in [1.82, 2.24) is 9.97 Å². The summed E-state index contributed by atoms with van der Waals surface area (Å²) in [5, 5.41) is 2.37. The molecule has 4 heteroatoms. The lowest BCUT2D eigenvalue weighted by atomic mass is 9.77. The van der Waals surface area contributed by atoms with Crippen LogP contribution in [-0.2, 0) is 9.53 Å². The van der Waals surface area contributed by atoms with Crippen LogP contribution in [0.1, 0.15) is 34.9 Å². The lowest BCUT2D eigenvalue weighted by Gasteiger charge is -2.23. The van der Waals surface area contributed by atoms with E-state index in [1.54, 1.807) is 0 Å².